The van der Waals surface area contributed by atoms with Gasteiger partial charge in [-0.3, -0.25) is 13.9 Å². The number of carbonyl (C=O) groups is 2. The summed E-state index contributed by atoms with van der Waals surface area (Å²) in [4.78, 5) is 28.5. The topological polar surface area (TPSA) is 96.0 Å². The van der Waals surface area contributed by atoms with E-state index in [2.05, 4.69) is 5.32 Å². The molecule has 0 saturated heterocycles. The first-order chi connectivity index (χ1) is 21.1. The van der Waals surface area contributed by atoms with Crippen molar-refractivity contribution in [1.82, 2.24) is 10.2 Å². The van der Waals surface area contributed by atoms with Crippen LogP contribution in [0.2, 0.25) is 0 Å². The zero-order chi connectivity index (χ0) is 31.7. The predicted molar refractivity (Wildman–Crippen MR) is 168 cm³/mol. The van der Waals surface area contributed by atoms with E-state index in [1.54, 1.807) is 62.4 Å². The maximum absolute atomic E-state index is 14.1. The van der Waals surface area contributed by atoms with Crippen molar-refractivity contribution in [2.24, 2.45) is 0 Å². The second kappa shape index (κ2) is 14.7. The summed E-state index contributed by atoms with van der Waals surface area (Å²) in [5, 5.41) is 2.76. The first kappa shape index (κ1) is 32.2. The molecule has 44 heavy (non-hydrogen) atoms. The quantitative estimate of drug-likeness (QED) is 0.197. The van der Waals surface area contributed by atoms with Crippen LogP contribution in [0.15, 0.2) is 108 Å². The van der Waals surface area contributed by atoms with Gasteiger partial charge in [-0.2, -0.15) is 0 Å². The monoisotopic (exact) mass is 617 g/mol. The number of halogens is 1. The van der Waals surface area contributed by atoms with Gasteiger partial charge in [-0.25, -0.2) is 12.8 Å². The maximum atomic E-state index is 14.1. The first-order valence-electron chi connectivity index (χ1n) is 14.4. The van der Waals surface area contributed by atoms with Gasteiger partial charge in [0.05, 0.1) is 10.6 Å². The Bertz CT molecular complexity index is 1650. The Morgan fingerprint density at radius 2 is 1.45 bits per heavy atom. The zero-order valence-corrected chi connectivity index (χ0v) is 25.8. The fraction of sp³-hybridized carbons (Fsp3) is 0.235. The molecular weight excluding hydrogens is 581 g/mol. The van der Waals surface area contributed by atoms with Crippen molar-refractivity contribution < 1.29 is 27.1 Å². The molecule has 0 heterocycles. The number of anilines is 1. The van der Waals surface area contributed by atoms with Crippen molar-refractivity contribution >= 4 is 27.5 Å². The minimum Gasteiger partial charge on any atom is -0.457 e. The second-order valence-electron chi connectivity index (χ2n) is 10.2. The highest BCUT2D eigenvalue weighted by atomic mass is 32.2. The molecule has 0 fully saturated rings. The molecule has 0 radical (unpaired) electrons. The van der Waals surface area contributed by atoms with Gasteiger partial charge in [-0.05, 0) is 86.5 Å². The fourth-order valence-electron chi connectivity index (χ4n) is 4.67. The largest absolute Gasteiger partial charge is 0.457 e. The van der Waals surface area contributed by atoms with Crippen LogP contribution in [0, 0.1) is 12.7 Å². The van der Waals surface area contributed by atoms with Crippen molar-refractivity contribution in [3.05, 3.63) is 120 Å². The normalized spacial score (nSPS) is 11.8. The highest BCUT2D eigenvalue weighted by Gasteiger charge is 2.33. The van der Waals surface area contributed by atoms with Crippen LogP contribution in [0.5, 0.6) is 11.5 Å². The van der Waals surface area contributed by atoms with Gasteiger partial charge < -0.3 is 15.0 Å². The van der Waals surface area contributed by atoms with Crippen LogP contribution in [-0.4, -0.2) is 44.3 Å². The van der Waals surface area contributed by atoms with E-state index in [-0.39, 0.29) is 29.5 Å². The predicted octanol–water partition coefficient (Wildman–Crippen LogP) is 6.07. The Morgan fingerprint density at radius 1 is 0.841 bits per heavy atom. The number of carbonyl (C=O) groups excluding carboxylic acids is 2. The molecule has 4 rings (SSSR count). The van der Waals surface area contributed by atoms with Gasteiger partial charge in [0, 0.05) is 13.1 Å². The van der Waals surface area contributed by atoms with Crippen LogP contribution in [-0.2, 0) is 26.2 Å². The lowest BCUT2D eigenvalue weighted by Gasteiger charge is -2.33. The molecule has 0 aliphatic heterocycles. The molecule has 0 bridgehead atoms. The lowest BCUT2D eigenvalue weighted by Crippen LogP contribution is -2.52. The lowest BCUT2D eigenvalue weighted by atomic mass is 10.1. The Balaban J connectivity index is 1.72. The summed E-state index contributed by atoms with van der Waals surface area (Å²) in [6.45, 7) is 5.17. The first-order valence-corrected chi connectivity index (χ1v) is 15.8. The smallest absolute Gasteiger partial charge is 0.264 e. The van der Waals surface area contributed by atoms with Crippen molar-refractivity contribution in [2.45, 2.75) is 44.7 Å². The molecule has 0 spiro atoms. The van der Waals surface area contributed by atoms with Gasteiger partial charge >= 0.3 is 0 Å². The standard InChI is InChI=1S/C34H36FN3O5S/c1-4-32(34(40)36-5-2)37(23-26-13-15-27(35)16-14-26)33(39)24-38(44(41,42)31-21-11-25(3)12-22-31)28-17-19-30(20-18-28)43-29-9-7-6-8-10-29/h6-22,32H,4-5,23-24H2,1-3H3,(H,36,40)/t32-/m0/s1. The number of likely N-dealkylation sites (N-methyl/N-ethyl adjacent to an activating group) is 1. The van der Waals surface area contributed by atoms with Gasteiger partial charge in [0.1, 0.15) is 29.9 Å². The minimum absolute atomic E-state index is 0.0152. The van der Waals surface area contributed by atoms with Crippen molar-refractivity contribution in [2.75, 3.05) is 17.4 Å². The Kier molecular flexibility index (Phi) is 10.7. The molecule has 10 heteroatoms. The number of rotatable bonds is 13. The Labute approximate surface area is 258 Å². The highest BCUT2D eigenvalue weighted by Crippen LogP contribution is 2.29. The van der Waals surface area contributed by atoms with Crippen molar-refractivity contribution in [3.8, 4) is 11.5 Å². The molecule has 230 valence electrons. The molecular formula is C34H36FN3O5S. The third-order valence-electron chi connectivity index (χ3n) is 6.99. The third kappa shape index (κ3) is 8.02. The number of sulfonamides is 1. The number of ether oxygens (including phenoxy) is 1. The van der Waals surface area contributed by atoms with Gasteiger partial charge in [-0.15, -0.1) is 0 Å². The minimum atomic E-state index is -4.22. The van der Waals surface area contributed by atoms with E-state index < -0.39 is 34.3 Å². The third-order valence-corrected chi connectivity index (χ3v) is 8.78. The molecule has 1 N–H and O–H groups in total. The Morgan fingerprint density at radius 3 is 2.05 bits per heavy atom. The molecule has 4 aromatic carbocycles. The summed E-state index contributed by atoms with van der Waals surface area (Å²) in [6, 6.07) is 26.7. The summed E-state index contributed by atoms with van der Waals surface area (Å²) < 4.78 is 48.6. The highest BCUT2D eigenvalue weighted by molar-refractivity contribution is 7.92. The summed E-state index contributed by atoms with van der Waals surface area (Å²) in [5.41, 5.74) is 1.72. The molecule has 0 saturated carbocycles. The average molecular weight is 618 g/mol. The number of amides is 2. The van der Waals surface area contributed by atoms with Gasteiger partial charge in [0.2, 0.25) is 11.8 Å². The second-order valence-corrected chi connectivity index (χ2v) is 12.1. The molecule has 0 aliphatic rings. The van der Waals surface area contributed by atoms with Crippen LogP contribution < -0.4 is 14.4 Å². The molecule has 0 aliphatic carbocycles. The number of nitrogens with one attached hydrogen (secondary N) is 1. The van der Waals surface area contributed by atoms with E-state index >= 15 is 0 Å². The van der Waals surface area contributed by atoms with Crippen molar-refractivity contribution in [3.63, 3.8) is 0 Å². The van der Waals surface area contributed by atoms with Crippen LogP contribution >= 0.6 is 0 Å². The van der Waals surface area contributed by atoms with E-state index in [4.69, 9.17) is 4.74 Å². The van der Waals surface area contributed by atoms with E-state index in [0.717, 1.165) is 9.87 Å². The van der Waals surface area contributed by atoms with Crippen molar-refractivity contribution in [1.29, 1.82) is 0 Å². The number of hydrogen-bond donors (Lipinski definition) is 1. The van der Waals surface area contributed by atoms with Gasteiger partial charge in [0.15, 0.2) is 0 Å². The van der Waals surface area contributed by atoms with Crippen LogP contribution in [0.25, 0.3) is 0 Å². The molecule has 2 amide bonds. The van der Waals surface area contributed by atoms with E-state index in [1.165, 1.54) is 41.3 Å². The van der Waals surface area contributed by atoms with Crippen LogP contribution in [0.4, 0.5) is 10.1 Å². The molecule has 8 nitrogen and oxygen atoms in total. The fourth-order valence-corrected chi connectivity index (χ4v) is 6.08. The molecule has 1 atom stereocenters. The lowest BCUT2D eigenvalue weighted by molar-refractivity contribution is -0.140. The van der Waals surface area contributed by atoms with Gasteiger partial charge in [-0.1, -0.05) is 55.0 Å². The maximum Gasteiger partial charge on any atom is 0.264 e. The summed E-state index contributed by atoms with van der Waals surface area (Å²) in [7, 11) is -4.22. The molecule has 0 unspecified atom stereocenters. The number of aryl methyl sites for hydroxylation is 1. The van der Waals surface area contributed by atoms with Crippen LogP contribution in [0.3, 0.4) is 0 Å². The SMILES string of the molecule is CCNC(=O)[C@H](CC)N(Cc1ccc(F)cc1)C(=O)CN(c1ccc(Oc2ccccc2)cc1)S(=O)(=O)c1ccc(C)cc1. The summed E-state index contributed by atoms with van der Waals surface area (Å²) in [5.74, 6) is -0.280. The number of hydrogen-bond acceptors (Lipinski definition) is 5. The summed E-state index contributed by atoms with van der Waals surface area (Å²) in [6.07, 6.45) is 0.287. The number of nitrogens with zero attached hydrogens (tertiary/aromatic N) is 2. The molecule has 4 aromatic rings. The Hall–Kier alpha value is -4.70. The number of para-hydroxylation sites is 1. The van der Waals surface area contributed by atoms with Gasteiger partial charge in [0.25, 0.3) is 10.0 Å². The average Bonchev–Trinajstić information content (AvgIpc) is 3.02. The number of benzene rings is 4. The molecule has 0 aromatic heterocycles. The zero-order valence-electron chi connectivity index (χ0n) is 24.9. The van der Waals surface area contributed by atoms with Crippen LogP contribution in [0.1, 0.15) is 31.4 Å². The summed E-state index contributed by atoms with van der Waals surface area (Å²) >= 11 is 0. The van der Waals surface area contributed by atoms with E-state index in [9.17, 15) is 22.4 Å². The van der Waals surface area contributed by atoms with E-state index in [0.29, 0.717) is 23.6 Å². The van der Waals surface area contributed by atoms with E-state index in [1.807, 2.05) is 25.1 Å².